The van der Waals surface area contributed by atoms with Crippen molar-refractivity contribution < 1.29 is 13.2 Å². The van der Waals surface area contributed by atoms with Gasteiger partial charge in [-0.2, -0.15) is 4.31 Å². The van der Waals surface area contributed by atoms with E-state index < -0.39 is 15.9 Å². The van der Waals surface area contributed by atoms with Crippen LogP contribution < -0.4 is 11.5 Å². The van der Waals surface area contributed by atoms with Crippen molar-refractivity contribution in [1.29, 1.82) is 0 Å². The smallest absolute Gasteiger partial charge is 0.243 e. The average molecular weight is 306 g/mol. The van der Waals surface area contributed by atoms with Gasteiger partial charge in [0.2, 0.25) is 15.9 Å². The van der Waals surface area contributed by atoms with Crippen molar-refractivity contribution in [3.63, 3.8) is 0 Å². The first-order chi connectivity index (χ1) is 8.82. The molecule has 0 bridgehead atoms. The molecule has 1 aromatic carbocycles. The van der Waals surface area contributed by atoms with Crippen molar-refractivity contribution in [3.8, 4) is 0 Å². The summed E-state index contributed by atoms with van der Waals surface area (Å²) < 4.78 is 25.5. The van der Waals surface area contributed by atoms with Crippen molar-refractivity contribution in [2.45, 2.75) is 18.4 Å². The van der Waals surface area contributed by atoms with E-state index in [0.29, 0.717) is 5.56 Å². The predicted molar refractivity (Wildman–Crippen MR) is 73.0 cm³/mol. The Labute approximate surface area is 117 Å². The lowest BCUT2D eigenvalue weighted by Gasteiger charge is -2.19. The third-order valence-electron chi connectivity index (χ3n) is 2.57. The quantitative estimate of drug-likeness (QED) is 0.788. The van der Waals surface area contributed by atoms with Gasteiger partial charge in [-0.1, -0.05) is 24.6 Å². The molecular formula is C11H16ClN3O3S. The number of hydrogen-bond acceptors (Lipinski definition) is 4. The van der Waals surface area contributed by atoms with Crippen molar-refractivity contribution >= 4 is 27.5 Å². The van der Waals surface area contributed by atoms with E-state index in [1.807, 2.05) is 0 Å². The molecule has 0 atom stereocenters. The predicted octanol–water partition coefficient (Wildman–Crippen LogP) is 0.295. The minimum absolute atomic E-state index is 0.0119. The highest BCUT2D eigenvalue weighted by atomic mass is 35.5. The summed E-state index contributed by atoms with van der Waals surface area (Å²) in [6, 6.07) is 4.28. The summed E-state index contributed by atoms with van der Waals surface area (Å²) in [5.41, 5.74) is 11.1. The molecule has 1 rings (SSSR count). The van der Waals surface area contributed by atoms with Gasteiger partial charge in [0.25, 0.3) is 0 Å². The van der Waals surface area contributed by atoms with Crippen LogP contribution in [0.15, 0.2) is 23.1 Å². The van der Waals surface area contributed by atoms with Gasteiger partial charge in [0.1, 0.15) is 0 Å². The first kappa shape index (κ1) is 15.9. The summed E-state index contributed by atoms with van der Waals surface area (Å²) in [4.78, 5) is 10.9. The summed E-state index contributed by atoms with van der Waals surface area (Å²) >= 11 is 5.93. The van der Waals surface area contributed by atoms with Crippen molar-refractivity contribution in [1.82, 2.24) is 4.31 Å². The molecule has 4 N–H and O–H groups in total. The van der Waals surface area contributed by atoms with Crippen LogP contribution in [0.2, 0.25) is 5.02 Å². The lowest BCUT2D eigenvalue weighted by atomic mass is 10.2. The van der Waals surface area contributed by atoms with Gasteiger partial charge in [0, 0.05) is 18.1 Å². The minimum Gasteiger partial charge on any atom is -0.369 e. The number of carbonyl (C=O) groups is 1. The summed E-state index contributed by atoms with van der Waals surface area (Å²) in [6.07, 6.45) is 0. The molecule has 8 heteroatoms. The van der Waals surface area contributed by atoms with Crippen LogP contribution >= 0.6 is 11.6 Å². The Bertz CT molecular complexity index is 575. The first-order valence-electron chi connectivity index (χ1n) is 5.59. The van der Waals surface area contributed by atoms with E-state index in [1.165, 1.54) is 12.1 Å². The fraction of sp³-hybridized carbons (Fsp3) is 0.364. The summed E-state index contributed by atoms with van der Waals surface area (Å²) in [5.74, 6) is -0.713. The molecule has 0 fully saturated rings. The molecule has 1 aromatic rings. The standard InChI is InChI=1S/C11H16ClN3O3S/c1-2-15(7-11(14)16)19(17,18)9-4-3-8(6-13)10(12)5-9/h3-5H,2,6-7,13H2,1H3,(H2,14,16). The molecule has 0 spiro atoms. The van der Waals surface area contributed by atoms with Crippen molar-refractivity contribution in [2.24, 2.45) is 11.5 Å². The largest absolute Gasteiger partial charge is 0.369 e. The van der Waals surface area contributed by atoms with Crippen LogP contribution in [0.5, 0.6) is 0 Å². The van der Waals surface area contributed by atoms with Crippen LogP contribution in [0.4, 0.5) is 0 Å². The number of rotatable bonds is 6. The third kappa shape index (κ3) is 3.66. The Hall–Kier alpha value is -1.15. The second-order valence-corrected chi connectivity index (χ2v) is 6.20. The second-order valence-electron chi connectivity index (χ2n) is 3.85. The van der Waals surface area contributed by atoms with Crippen molar-refractivity contribution in [3.05, 3.63) is 28.8 Å². The number of amides is 1. The number of benzene rings is 1. The second kappa shape index (κ2) is 6.33. The highest BCUT2D eigenvalue weighted by Gasteiger charge is 2.24. The Morgan fingerprint density at radius 3 is 2.47 bits per heavy atom. The zero-order valence-corrected chi connectivity index (χ0v) is 12.0. The monoisotopic (exact) mass is 305 g/mol. The summed E-state index contributed by atoms with van der Waals surface area (Å²) in [6.45, 7) is 1.62. The van der Waals surface area contributed by atoms with Gasteiger partial charge in [-0.25, -0.2) is 8.42 Å². The number of primary amides is 1. The highest BCUT2D eigenvalue weighted by molar-refractivity contribution is 7.89. The van der Waals surface area contributed by atoms with Crippen molar-refractivity contribution in [2.75, 3.05) is 13.1 Å². The molecule has 0 aromatic heterocycles. The average Bonchev–Trinajstić information content (AvgIpc) is 2.35. The molecule has 0 saturated carbocycles. The van der Waals surface area contributed by atoms with Crippen LogP contribution in [-0.4, -0.2) is 31.7 Å². The fourth-order valence-electron chi connectivity index (χ4n) is 1.54. The zero-order chi connectivity index (χ0) is 14.6. The van der Waals surface area contributed by atoms with Gasteiger partial charge in [-0.3, -0.25) is 4.79 Å². The molecule has 0 aliphatic heterocycles. The van der Waals surface area contributed by atoms with Gasteiger partial charge in [0.15, 0.2) is 0 Å². The fourth-order valence-corrected chi connectivity index (χ4v) is 3.31. The SMILES string of the molecule is CCN(CC(N)=O)S(=O)(=O)c1ccc(CN)c(Cl)c1. The molecule has 106 valence electrons. The number of hydrogen-bond donors (Lipinski definition) is 2. The Kier molecular flexibility index (Phi) is 5.30. The maximum Gasteiger partial charge on any atom is 0.243 e. The number of nitrogens with two attached hydrogens (primary N) is 2. The molecule has 19 heavy (non-hydrogen) atoms. The Balaban J connectivity index is 3.18. The number of likely N-dealkylation sites (N-methyl/N-ethyl adjacent to an activating group) is 1. The highest BCUT2D eigenvalue weighted by Crippen LogP contribution is 2.22. The summed E-state index contributed by atoms with van der Waals surface area (Å²) in [5, 5.41) is 0.277. The lowest BCUT2D eigenvalue weighted by molar-refractivity contribution is -0.118. The maximum atomic E-state index is 12.3. The number of sulfonamides is 1. The zero-order valence-electron chi connectivity index (χ0n) is 10.5. The van der Waals surface area contributed by atoms with Gasteiger partial charge in [-0.05, 0) is 17.7 Å². The van der Waals surface area contributed by atoms with E-state index in [0.717, 1.165) is 4.31 Å². The van der Waals surface area contributed by atoms with Gasteiger partial charge < -0.3 is 11.5 Å². The molecule has 0 aliphatic rings. The van der Waals surface area contributed by atoms with E-state index in [4.69, 9.17) is 23.1 Å². The lowest BCUT2D eigenvalue weighted by Crippen LogP contribution is -2.38. The molecule has 6 nitrogen and oxygen atoms in total. The molecule has 1 amide bonds. The van der Waals surface area contributed by atoms with Gasteiger partial charge in [0.05, 0.1) is 11.4 Å². The number of carbonyl (C=O) groups excluding carboxylic acids is 1. The number of halogens is 1. The Morgan fingerprint density at radius 2 is 2.05 bits per heavy atom. The van der Waals surface area contributed by atoms with Crippen LogP contribution in [0.3, 0.4) is 0 Å². The van der Waals surface area contributed by atoms with Crippen LogP contribution in [-0.2, 0) is 21.4 Å². The van der Waals surface area contributed by atoms with E-state index in [2.05, 4.69) is 0 Å². The minimum atomic E-state index is -3.79. The topological polar surface area (TPSA) is 106 Å². The molecular weight excluding hydrogens is 290 g/mol. The third-order valence-corrected chi connectivity index (χ3v) is 4.84. The normalized spacial score (nSPS) is 11.8. The molecule has 0 heterocycles. The first-order valence-corrected chi connectivity index (χ1v) is 7.41. The van der Waals surface area contributed by atoms with Gasteiger partial charge in [-0.15, -0.1) is 0 Å². The molecule has 0 unspecified atom stereocenters. The van der Waals surface area contributed by atoms with E-state index in [1.54, 1.807) is 13.0 Å². The Morgan fingerprint density at radius 1 is 1.42 bits per heavy atom. The molecule has 0 radical (unpaired) electrons. The van der Waals surface area contributed by atoms with E-state index >= 15 is 0 Å². The van der Waals surface area contributed by atoms with Crippen LogP contribution in [0.25, 0.3) is 0 Å². The molecule has 0 aliphatic carbocycles. The van der Waals surface area contributed by atoms with E-state index in [-0.39, 0.29) is 29.6 Å². The summed E-state index contributed by atoms with van der Waals surface area (Å²) in [7, 11) is -3.79. The maximum absolute atomic E-state index is 12.3. The van der Waals surface area contributed by atoms with Crippen LogP contribution in [0.1, 0.15) is 12.5 Å². The molecule has 0 saturated heterocycles. The van der Waals surface area contributed by atoms with E-state index in [9.17, 15) is 13.2 Å². The number of nitrogens with zero attached hydrogens (tertiary/aromatic N) is 1. The van der Waals surface area contributed by atoms with Gasteiger partial charge >= 0.3 is 0 Å². The van der Waals surface area contributed by atoms with Crippen LogP contribution in [0, 0.1) is 0 Å².